The van der Waals surface area contributed by atoms with Crippen LogP contribution >= 0.6 is 0 Å². The zero-order valence-corrected chi connectivity index (χ0v) is 5.10. The van der Waals surface area contributed by atoms with Gasteiger partial charge >= 0.3 is 0 Å². The predicted molar refractivity (Wildman–Crippen MR) is 36.8 cm³/mol. The van der Waals surface area contributed by atoms with Crippen LogP contribution in [0.3, 0.4) is 0 Å². The molecular weight excluding hydrogens is 130 g/mol. The van der Waals surface area contributed by atoms with Gasteiger partial charge in [-0.3, -0.25) is 0 Å². The molecule has 0 aliphatic rings. The second-order valence-corrected chi connectivity index (χ2v) is 1.97. The molecule has 0 fully saturated rings. The molecule has 0 radical (unpaired) electrons. The number of aromatic nitrogens is 3. The van der Waals surface area contributed by atoms with Gasteiger partial charge in [0.25, 0.3) is 0 Å². The first-order valence-corrected chi connectivity index (χ1v) is 2.87. The van der Waals surface area contributed by atoms with Gasteiger partial charge in [0.05, 0.1) is 0 Å². The molecule has 1 aromatic carbocycles. The van der Waals surface area contributed by atoms with Gasteiger partial charge in [0, 0.05) is 1.43 Å². The van der Waals surface area contributed by atoms with Gasteiger partial charge in [-0.15, -0.1) is 5.10 Å². The fraction of sp³-hybridized carbons (Fsp3) is 0. The number of hydrogen-bond donors (Lipinski definition) is 1. The third kappa shape index (κ3) is 0.556. The van der Waals surface area contributed by atoms with Gasteiger partial charge in [-0.1, -0.05) is 17.0 Å². The normalized spacial score (nSPS) is 10.4. The minimum Gasteiger partial charge on any atom is -0.410 e. The average Bonchev–Trinajstić information content (AvgIpc) is 2.34. The van der Waals surface area contributed by atoms with Crippen LogP contribution in [0.5, 0.6) is 0 Å². The number of para-hydroxylation sites is 1. The molecule has 4 heteroatoms. The molecule has 10 heavy (non-hydrogen) atoms. The van der Waals surface area contributed by atoms with Crippen LogP contribution < -0.4 is 0 Å². The third-order valence-corrected chi connectivity index (χ3v) is 1.33. The van der Waals surface area contributed by atoms with Crippen molar-refractivity contribution in [2.75, 3.05) is 0 Å². The quantitative estimate of drug-likeness (QED) is 0.549. The van der Waals surface area contributed by atoms with E-state index in [4.69, 9.17) is 5.21 Å². The maximum absolute atomic E-state index is 8.95. The molecule has 1 N–H and O–H groups in total. The Labute approximate surface area is 58.1 Å². The summed E-state index contributed by atoms with van der Waals surface area (Å²) in [5, 5.41) is 16.1. The van der Waals surface area contributed by atoms with Crippen LogP contribution in [0.4, 0.5) is 0 Å². The molecule has 0 aliphatic heterocycles. The standard InChI is InChI=1S/C6H5N3O.H2/c10-9-6-4-2-1-3-5(6)7-8-9;/h1-4,10H;1H. The minimum absolute atomic E-state index is 0. The fourth-order valence-electron chi connectivity index (χ4n) is 0.857. The number of nitrogens with zero attached hydrogens (tertiary/aromatic N) is 3. The SMILES string of the molecule is On1nnc2ccccc21.[HH]. The van der Waals surface area contributed by atoms with Crippen molar-refractivity contribution in [1.82, 2.24) is 15.2 Å². The molecule has 2 aromatic rings. The summed E-state index contributed by atoms with van der Waals surface area (Å²) in [5.74, 6) is 0. The first-order valence-electron chi connectivity index (χ1n) is 2.87. The Balaban J connectivity index is 0.000000605. The maximum atomic E-state index is 8.95. The molecule has 0 atom stereocenters. The van der Waals surface area contributed by atoms with Gasteiger partial charge in [-0.25, -0.2) is 0 Å². The van der Waals surface area contributed by atoms with Crippen LogP contribution in [0.25, 0.3) is 11.0 Å². The first kappa shape index (κ1) is 5.22. The molecule has 1 heterocycles. The summed E-state index contributed by atoms with van der Waals surface area (Å²) in [6.07, 6.45) is 0. The lowest BCUT2D eigenvalue weighted by Crippen LogP contribution is -1.90. The highest BCUT2D eigenvalue weighted by Crippen LogP contribution is 2.06. The van der Waals surface area contributed by atoms with Crippen molar-refractivity contribution >= 4 is 11.0 Å². The zero-order valence-electron chi connectivity index (χ0n) is 5.10. The number of hydrogen-bond acceptors (Lipinski definition) is 3. The molecule has 0 saturated carbocycles. The highest BCUT2D eigenvalue weighted by atomic mass is 16.5. The molecule has 1 aromatic heterocycles. The highest BCUT2D eigenvalue weighted by Gasteiger charge is 1.98. The molecule has 0 unspecified atom stereocenters. The van der Waals surface area contributed by atoms with Crippen LogP contribution in [0, 0.1) is 0 Å². The molecule has 0 bridgehead atoms. The summed E-state index contributed by atoms with van der Waals surface area (Å²) < 4.78 is 0. The van der Waals surface area contributed by atoms with Gasteiger partial charge in [-0.2, -0.15) is 0 Å². The monoisotopic (exact) mass is 137 g/mol. The number of rotatable bonds is 0. The molecule has 0 spiro atoms. The zero-order chi connectivity index (χ0) is 6.97. The van der Waals surface area contributed by atoms with Gasteiger partial charge in [0.2, 0.25) is 0 Å². The molecular formula is C6H7N3O. The van der Waals surface area contributed by atoms with Crippen LogP contribution in [0.15, 0.2) is 24.3 Å². The Morgan fingerprint density at radius 1 is 1.40 bits per heavy atom. The van der Waals surface area contributed by atoms with Crippen LogP contribution in [-0.2, 0) is 0 Å². The van der Waals surface area contributed by atoms with Crippen LogP contribution in [0.2, 0.25) is 0 Å². The summed E-state index contributed by atoms with van der Waals surface area (Å²) in [5.41, 5.74) is 1.33. The lowest BCUT2D eigenvalue weighted by Gasteiger charge is -1.85. The fourth-order valence-corrected chi connectivity index (χ4v) is 0.857. The van der Waals surface area contributed by atoms with Gasteiger partial charge in [0.15, 0.2) is 0 Å². The largest absolute Gasteiger partial charge is 0.410 e. The molecule has 0 amide bonds. The molecule has 52 valence electrons. The van der Waals surface area contributed by atoms with Crippen molar-refractivity contribution in [3.05, 3.63) is 24.3 Å². The van der Waals surface area contributed by atoms with Crippen molar-refractivity contribution in [1.29, 1.82) is 0 Å². The van der Waals surface area contributed by atoms with E-state index in [2.05, 4.69) is 10.3 Å². The molecule has 0 saturated heterocycles. The maximum Gasteiger partial charge on any atom is 0.130 e. The van der Waals surface area contributed by atoms with Gasteiger partial charge in [-0.05, 0) is 17.3 Å². The van der Waals surface area contributed by atoms with E-state index in [1.54, 1.807) is 12.1 Å². The van der Waals surface area contributed by atoms with E-state index in [0.29, 0.717) is 11.0 Å². The van der Waals surface area contributed by atoms with Gasteiger partial charge < -0.3 is 5.21 Å². The lowest BCUT2D eigenvalue weighted by atomic mass is 10.3. The second kappa shape index (κ2) is 1.70. The van der Waals surface area contributed by atoms with E-state index < -0.39 is 0 Å². The third-order valence-electron chi connectivity index (χ3n) is 1.33. The predicted octanol–water partition coefficient (Wildman–Crippen LogP) is 0.915. The second-order valence-electron chi connectivity index (χ2n) is 1.97. The van der Waals surface area contributed by atoms with Crippen molar-refractivity contribution in [3.8, 4) is 0 Å². The van der Waals surface area contributed by atoms with Crippen molar-refractivity contribution in [2.24, 2.45) is 0 Å². The Bertz CT molecular complexity index is 359. The summed E-state index contributed by atoms with van der Waals surface area (Å²) in [6, 6.07) is 7.19. The van der Waals surface area contributed by atoms with E-state index in [-0.39, 0.29) is 1.43 Å². The van der Waals surface area contributed by atoms with E-state index >= 15 is 0 Å². The Hall–Kier alpha value is -1.58. The molecule has 4 nitrogen and oxygen atoms in total. The molecule has 0 aliphatic carbocycles. The van der Waals surface area contributed by atoms with E-state index in [1.165, 1.54) is 0 Å². The van der Waals surface area contributed by atoms with Crippen molar-refractivity contribution in [3.63, 3.8) is 0 Å². The van der Waals surface area contributed by atoms with Crippen LogP contribution in [0.1, 0.15) is 1.43 Å². The summed E-state index contributed by atoms with van der Waals surface area (Å²) in [6.45, 7) is 0. The highest BCUT2D eigenvalue weighted by molar-refractivity contribution is 5.73. The smallest absolute Gasteiger partial charge is 0.130 e. The Morgan fingerprint density at radius 3 is 3.00 bits per heavy atom. The summed E-state index contributed by atoms with van der Waals surface area (Å²) in [4.78, 5) is 0.759. The van der Waals surface area contributed by atoms with Gasteiger partial charge in [0.1, 0.15) is 11.0 Å². The lowest BCUT2D eigenvalue weighted by molar-refractivity contribution is 0.155. The topological polar surface area (TPSA) is 50.9 Å². The van der Waals surface area contributed by atoms with E-state index in [1.807, 2.05) is 12.1 Å². The van der Waals surface area contributed by atoms with E-state index in [9.17, 15) is 0 Å². The number of benzene rings is 1. The molecule has 2 rings (SSSR count). The van der Waals surface area contributed by atoms with Crippen LogP contribution in [-0.4, -0.2) is 20.4 Å². The summed E-state index contributed by atoms with van der Waals surface area (Å²) in [7, 11) is 0. The average molecular weight is 137 g/mol. The Kier molecular flexibility index (Phi) is 0.887. The van der Waals surface area contributed by atoms with E-state index in [0.717, 1.165) is 4.85 Å². The summed E-state index contributed by atoms with van der Waals surface area (Å²) >= 11 is 0. The first-order chi connectivity index (χ1) is 4.88. The van der Waals surface area contributed by atoms with Crippen molar-refractivity contribution in [2.45, 2.75) is 0 Å². The van der Waals surface area contributed by atoms with Crippen molar-refractivity contribution < 1.29 is 6.63 Å². The Morgan fingerprint density at radius 2 is 2.20 bits per heavy atom. The number of fused-ring (bicyclic) bond motifs is 1. The minimum atomic E-state index is 0.